The molecule has 0 aliphatic heterocycles. The molecule has 0 atom stereocenters. The van der Waals surface area contributed by atoms with Gasteiger partial charge in [-0.3, -0.25) is 0 Å². The zero-order chi connectivity index (χ0) is 19.6. The summed E-state index contributed by atoms with van der Waals surface area (Å²) in [6.07, 6.45) is 10.8. The molecule has 1 heteroatoms. The van der Waals surface area contributed by atoms with Gasteiger partial charge in [0.05, 0.1) is 0 Å². The van der Waals surface area contributed by atoms with E-state index in [1.54, 1.807) is 0 Å². The third kappa shape index (κ3) is 6.42. The number of hydrogen-bond donors (Lipinski definition) is 1. The Labute approximate surface area is 170 Å². The highest BCUT2D eigenvalue weighted by Gasteiger charge is 1.97. The lowest BCUT2D eigenvalue weighted by Gasteiger charge is -2.08. The highest BCUT2D eigenvalue weighted by atomic mass is 14.9. The van der Waals surface area contributed by atoms with Crippen LogP contribution >= 0.6 is 0 Å². The summed E-state index contributed by atoms with van der Waals surface area (Å²) in [5.74, 6) is 0. The summed E-state index contributed by atoms with van der Waals surface area (Å²) in [6, 6.07) is 26.0. The van der Waals surface area contributed by atoms with Crippen LogP contribution in [-0.2, 0) is 6.42 Å². The molecule has 3 aromatic carbocycles. The second kappa shape index (κ2) is 10.5. The highest BCUT2D eigenvalue weighted by molar-refractivity contribution is 5.71. The van der Waals surface area contributed by atoms with E-state index in [1.165, 1.54) is 54.4 Å². The second-order valence-corrected chi connectivity index (χ2v) is 7.50. The lowest BCUT2D eigenvalue weighted by Crippen LogP contribution is -1.91. The summed E-state index contributed by atoms with van der Waals surface area (Å²) in [4.78, 5) is 0. The van der Waals surface area contributed by atoms with Gasteiger partial charge in [-0.15, -0.1) is 0 Å². The number of rotatable bonds is 9. The van der Waals surface area contributed by atoms with Crippen LogP contribution in [0.1, 0.15) is 54.9 Å². The number of hydrogen-bond acceptors (Lipinski definition) is 1. The van der Waals surface area contributed by atoms with Crippen molar-refractivity contribution in [2.45, 2.75) is 46.0 Å². The Morgan fingerprint density at radius 1 is 0.643 bits per heavy atom. The fourth-order valence-electron chi connectivity index (χ4n) is 3.22. The van der Waals surface area contributed by atoms with Gasteiger partial charge in [-0.05, 0) is 60.7 Å². The third-order valence-electron chi connectivity index (χ3n) is 5.02. The van der Waals surface area contributed by atoms with E-state index < -0.39 is 0 Å². The SMILES string of the molecule is CCCCCCc1ccc(Nc2ccc(C=Cc3ccc(C)cc3)cc2)cc1. The van der Waals surface area contributed by atoms with Crippen LogP contribution in [0.4, 0.5) is 11.4 Å². The van der Waals surface area contributed by atoms with E-state index in [4.69, 9.17) is 0 Å². The summed E-state index contributed by atoms with van der Waals surface area (Å²) in [6.45, 7) is 4.37. The van der Waals surface area contributed by atoms with Gasteiger partial charge in [0, 0.05) is 11.4 Å². The van der Waals surface area contributed by atoms with Gasteiger partial charge in [-0.2, -0.15) is 0 Å². The molecular formula is C27H31N. The van der Waals surface area contributed by atoms with Gasteiger partial charge >= 0.3 is 0 Å². The monoisotopic (exact) mass is 369 g/mol. The molecule has 3 rings (SSSR count). The first-order chi connectivity index (χ1) is 13.7. The number of benzene rings is 3. The molecule has 0 unspecified atom stereocenters. The second-order valence-electron chi connectivity index (χ2n) is 7.50. The molecule has 1 N–H and O–H groups in total. The molecule has 0 radical (unpaired) electrons. The number of anilines is 2. The first kappa shape index (κ1) is 19.9. The molecule has 0 saturated carbocycles. The molecule has 0 aliphatic carbocycles. The first-order valence-electron chi connectivity index (χ1n) is 10.4. The fourth-order valence-corrected chi connectivity index (χ4v) is 3.22. The van der Waals surface area contributed by atoms with Gasteiger partial charge in [0.1, 0.15) is 0 Å². The summed E-state index contributed by atoms with van der Waals surface area (Å²) in [5.41, 5.74) is 7.40. The minimum absolute atomic E-state index is 1.11. The number of unbranched alkanes of at least 4 members (excludes halogenated alkanes) is 3. The zero-order valence-corrected chi connectivity index (χ0v) is 17.1. The van der Waals surface area contributed by atoms with Crippen LogP contribution in [0.25, 0.3) is 12.2 Å². The molecule has 0 fully saturated rings. The molecule has 0 saturated heterocycles. The molecular weight excluding hydrogens is 338 g/mol. The van der Waals surface area contributed by atoms with Crippen LogP contribution in [-0.4, -0.2) is 0 Å². The van der Waals surface area contributed by atoms with Crippen LogP contribution in [0, 0.1) is 6.92 Å². The van der Waals surface area contributed by atoms with Crippen molar-refractivity contribution in [2.75, 3.05) is 5.32 Å². The average molecular weight is 370 g/mol. The van der Waals surface area contributed by atoms with Gasteiger partial charge in [0.25, 0.3) is 0 Å². The van der Waals surface area contributed by atoms with E-state index in [0.29, 0.717) is 0 Å². The fraction of sp³-hybridized carbons (Fsp3) is 0.259. The van der Waals surface area contributed by atoms with Gasteiger partial charge in [0.15, 0.2) is 0 Å². The van der Waals surface area contributed by atoms with Crippen LogP contribution in [0.2, 0.25) is 0 Å². The zero-order valence-electron chi connectivity index (χ0n) is 17.1. The number of nitrogens with one attached hydrogen (secondary N) is 1. The van der Waals surface area contributed by atoms with E-state index in [2.05, 4.69) is 104 Å². The van der Waals surface area contributed by atoms with Crippen LogP contribution in [0.3, 0.4) is 0 Å². The largest absolute Gasteiger partial charge is 0.356 e. The maximum Gasteiger partial charge on any atom is 0.0384 e. The maximum absolute atomic E-state index is 3.49. The molecule has 0 heterocycles. The summed E-state index contributed by atoms with van der Waals surface area (Å²) >= 11 is 0. The minimum Gasteiger partial charge on any atom is -0.356 e. The molecule has 144 valence electrons. The minimum atomic E-state index is 1.11. The van der Waals surface area contributed by atoms with E-state index in [-0.39, 0.29) is 0 Å². The summed E-state index contributed by atoms with van der Waals surface area (Å²) < 4.78 is 0. The van der Waals surface area contributed by atoms with Gasteiger partial charge in [-0.1, -0.05) is 92.4 Å². The lowest BCUT2D eigenvalue weighted by atomic mass is 10.1. The van der Waals surface area contributed by atoms with Crippen molar-refractivity contribution in [1.29, 1.82) is 0 Å². The lowest BCUT2D eigenvalue weighted by molar-refractivity contribution is 0.667. The van der Waals surface area contributed by atoms with E-state index >= 15 is 0 Å². The molecule has 0 aliphatic rings. The molecule has 0 aromatic heterocycles. The number of aryl methyl sites for hydroxylation is 2. The molecule has 1 nitrogen and oxygen atoms in total. The predicted molar refractivity (Wildman–Crippen MR) is 124 cm³/mol. The summed E-state index contributed by atoms with van der Waals surface area (Å²) in [7, 11) is 0. The van der Waals surface area contributed by atoms with Crippen molar-refractivity contribution >= 4 is 23.5 Å². The molecule has 3 aromatic rings. The van der Waals surface area contributed by atoms with Crippen molar-refractivity contribution in [1.82, 2.24) is 0 Å². The van der Waals surface area contributed by atoms with E-state index in [1.807, 2.05) is 0 Å². The van der Waals surface area contributed by atoms with E-state index in [0.717, 1.165) is 11.4 Å². The van der Waals surface area contributed by atoms with Gasteiger partial charge in [-0.25, -0.2) is 0 Å². The Hall–Kier alpha value is -2.80. The van der Waals surface area contributed by atoms with Crippen LogP contribution < -0.4 is 5.32 Å². The quantitative estimate of drug-likeness (QED) is 0.297. The normalized spacial score (nSPS) is 11.1. The van der Waals surface area contributed by atoms with Crippen LogP contribution in [0.15, 0.2) is 72.8 Å². The average Bonchev–Trinajstić information content (AvgIpc) is 2.73. The molecule has 0 bridgehead atoms. The third-order valence-corrected chi connectivity index (χ3v) is 5.02. The Balaban J connectivity index is 1.53. The highest BCUT2D eigenvalue weighted by Crippen LogP contribution is 2.19. The smallest absolute Gasteiger partial charge is 0.0384 e. The van der Waals surface area contributed by atoms with Crippen molar-refractivity contribution in [2.24, 2.45) is 0 Å². The summed E-state index contributed by atoms with van der Waals surface area (Å²) in [5, 5.41) is 3.49. The standard InChI is InChI=1S/C27H31N/c1-3-4-5-6-7-23-14-18-26(19-15-23)28-27-20-16-25(17-21-27)13-12-24-10-8-22(2)9-11-24/h8-21,28H,3-7H2,1-2H3. The van der Waals surface area contributed by atoms with Crippen molar-refractivity contribution in [3.8, 4) is 0 Å². The first-order valence-corrected chi connectivity index (χ1v) is 10.4. The Morgan fingerprint density at radius 3 is 1.75 bits per heavy atom. The predicted octanol–water partition coefficient (Wildman–Crippen LogP) is 8.03. The van der Waals surface area contributed by atoms with Crippen molar-refractivity contribution in [3.05, 3.63) is 95.1 Å². The Morgan fingerprint density at radius 2 is 1.18 bits per heavy atom. The topological polar surface area (TPSA) is 12.0 Å². The van der Waals surface area contributed by atoms with Crippen LogP contribution in [0.5, 0.6) is 0 Å². The maximum atomic E-state index is 3.49. The Kier molecular flexibility index (Phi) is 7.49. The van der Waals surface area contributed by atoms with Gasteiger partial charge < -0.3 is 5.32 Å². The molecule has 0 spiro atoms. The molecule has 28 heavy (non-hydrogen) atoms. The van der Waals surface area contributed by atoms with E-state index in [9.17, 15) is 0 Å². The van der Waals surface area contributed by atoms with Crippen molar-refractivity contribution < 1.29 is 0 Å². The van der Waals surface area contributed by atoms with Gasteiger partial charge in [0.2, 0.25) is 0 Å². The Bertz CT molecular complexity index is 856. The molecule has 0 amide bonds. The van der Waals surface area contributed by atoms with Crippen molar-refractivity contribution in [3.63, 3.8) is 0 Å².